The summed E-state index contributed by atoms with van der Waals surface area (Å²) >= 11 is 3.39. The molecule has 0 unspecified atom stereocenters. The second kappa shape index (κ2) is 9.18. The van der Waals surface area contributed by atoms with E-state index in [1.807, 2.05) is 79.7 Å². The summed E-state index contributed by atoms with van der Waals surface area (Å²) < 4.78 is 6.92. The van der Waals surface area contributed by atoms with E-state index in [2.05, 4.69) is 21.2 Å². The lowest BCUT2D eigenvalue weighted by molar-refractivity contribution is -0.123. The largest absolute Gasteiger partial charge is 0.488 e. The van der Waals surface area contributed by atoms with Gasteiger partial charge in [-0.1, -0.05) is 76.1 Å². The second-order valence-electron chi connectivity index (χ2n) is 7.32. The molecule has 1 aliphatic rings. The fraction of sp³-hybridized carbons (Fsp3) is 0.120. The highest BCUT2D eigenvalue weighted by atomic mass is 79.9. The van der Waals surface area contributed by atoms with Gasteiger partial charge in [0, 0.05) is 10.0 Å². The molecule has 156 valence electrons. The fourth-order valence-corrected chi connectivity index (χ4v) is 3.48. The van der Waals surface area contributed by atoms with Gasteiger partial charge in [-0.3, -0.25) is 9.69 Å². The van der Waals surface area contributed by atoms with Crippen molar-refractivity contribution < 1.29 is 14.3 Å². The van der Waals surface area contributed by atoms with Gasteiger partial charge in [-0.05, 0) is 42.3 Å². The maximum Gasteiger partial charge on any atom is 0.329 e. The summed E-state index contributed by atoms with van der Waals surface area (Å²) in [5.74, 6) is 0.283. The molecule has 0 bridgehead atoms. The Morgan fingerprint density at radius 3 is 2.35 bits per heavy atom. The van der Waals surface area contributed by atoms with Gasteiger partial charge in [-0.15, -0.1) is 0 Å². The Hall–Kier alpha value is -3.38. The third-order valence-corrected chi connectivity index (χ3v) is 5.48. The number of ether oxygens (including phenoxy) is 1. The van der Waals surface area contributed by atoms with Gasteiger partial charge in [-0.25, -0.2) is 4.79 Å². The minimum Gasteiger partial charge on any atom is -0.488 e. The van der Waals surface area contributed by atoms with E-state index in [0.717, 1.165) is 21.2 Å². The molecule has 0 atom stereocenters. The number of carbonyl (C=O) groups is 2. The normalized spacial score (nSPS) is 14.8. The summed E-state index contributed by atoms with van der Waals surface area (Å²) in [6.07, 6.45) is 1.66. The van der Waals surface area contributed by atoms with Gasteiger partial charge >= 0.3 is 6.03 Å². The topological polar surface area (TPSA) is 58.6 Å². The van der Waals surface area contributed by atoms with E-state index >= 15 is 0 Å². The predicted molar refractivity (Wildman–Crippen MR) is 123 cm³/mol. The highest BCUT2D eigenvalue weighted by Crippen LogP contribution is 2.24. The van der Waals surface area contributed by atoms with Crippen molar-refractivity contribution in [1.29, 1.82) is 0 Å². The van der Waals surface area contributed by atoms with Crippen LogP contribution in [0.5, 0.6) is 5.75 Å². The lowest BCUT2D eigenvalue weighted by Crippen LogP contribution is -2.30. The third kappa shape index (κ3) is 5.03. The molecular formula is C25H21BrN2O3. The Kier molecular flexibility index (Phi) is 6.18. The zero-order chi connectivity index (χ0) is 21.8. The number of benzene rings is 3. The molecule has 1 N–H and O–H groups in total. The van der Waals surface area contributed by atoms with E-state index in [1.165, 1.54) is 10.5 Å². The first kappa shape index (κ1) is 20.9. The van der Waals surface area contributed by atoms with Gasteiger partial charge in [0.15, 0.2) is 0 Å². The summed E-state index contributed by atoms with van der Waals surface area (Å²) in [5, 5.41) is 2.67. The molecule has 3 aromatic rings. The number of urea groups is 1. The van der Waals surface area contributed by atoms with E-state index < -0.39 is 6.03 Å². The minimum absolute atomic E-state index is 0.209. The molecule has 0 saturated carbocycles. The number of para-hydroxylation sites is 1. The van der Waals surface area contributed by atoms with Crippen LogP contribution < -0.4 is 10.1 Å². The van der Waals surface area contributed by atoms with Crippen LogP contribution in [0.3, 0.4) is 0 Å². The summed E-state index contributed by atoms with van der Waals surface area (Å²) in [6.45, 7) is 2.66. The SMILES string of the molecule is Cc1ccc(COc2ccccc2/C=C2/NC(=O)N(Cc3ccc(Br)cc3)C2=O)cc1. The quantitative estimate of drug-likeness (QED) is 0.381. The van der Waals surface area contributed by atoms with Crippen LogP contribution in [-0.4, -0.2) is 16.8 Å². The van der Waals surface area contributed by atoms with Gasteiger partial charge in [0.25, 0.3) is 5.91 Å². The number of aryl methyl sites for hydroxylation is 1. The zero-order valence-corrected chi connectivity index (χ0v) is 18.6. The van der Waals surface area contributed by atoms with E-state index in [4.69, 9.17) is 4.74 Å². The number of amides is 3. The first-order valence-corrected chi connectivity index (χ1v) is 10.7. The molecule has 4 rings (SSSR count). The summed E-state index contributed by atoms with van der Waals surface area (Å²) in [4.78, 5) is 26.4. The number of rotatable bonds is 6. The molecule has 0 aromatic heterocycles. The van der Waals surface area contributed by atoms with E-state index in [0.29, 0.717) is 12.4 Å². The van der Waals surface area contributed by atoms with Crippen molar-refractivity contribution in [3.05, 3.63) is 105 Å². The van der Waals surface area contributed by atoms with Crippen LogP contribution >= 0.6 is 15.9 Å². The third-order valence-electron chi connectivity index (χ3n) is 4.95. The molecule has 1 fully saturated rings. The number of carbonyl (C=O) groups excluding carboxylic acids is 2. The summed E-state index contributed by atoms with van der Waals surface area (Å²) in [5.41, 5.74) is 4.07. The van der Waals surface area contributed by atoms with Crippen LogP contribution in [0.25, 0.3) is 6.08 Å². The summed E-state index contributed by atoms with van der Waals surface area (Å²) in [7, 11) is 0. The maximum absolute atomic E-state index is 12.8. The van der Waals surface area contributed by atoms with Crippen LogP contribution in [0.15, 0.2) is 83.0 Å². The Bertz CT molecular complexity index is 1140. The van der Waals surface area contributed by atoms with Gasteiger partial charge in [0.05, 0.1) is 6.54 Å². The number of nitrogens with zero attached hydrogens (tertiary/aromatic N) is 1. The predicted octanol–water partition coefficient (Wildman–Crippen LogP) is 5.43. The van der Waals surface area contributed by atoms with Crippen molar-refractivity contribution in [2.45, 2.75) is 20.1 Å². The van der Waals surface area contributed by atoms with Crippen molar-refractivity contribution in [1.82, 2.24) is 10.2 Å². The van der Waals surface area contributed by atoms with E-state index in [-0.39, 0.29) is 18.1 Å². The lowest BCUT2D eigenvalue weighted by Gasteiger charge is -2.12. The highest BCUT2D eigenvalue weighted by molar-refractivity contribution is 9.10. The second-order valence-corrected chi connectivity index (χ2v) is 8.23. The van der Waals surface area contributed by atoms with Crippen LogP contribution in [0.2, 0.25) is 0 Å². The first-order chi connectivity index (χ1) is 15.0. The minimum atomic E-state index is -0.433. The molecule has 3 amide bonds. The van der Waals surface area contributed by atoms with Crippen molar-refractivity contribution in [2.24, 2.45) is 0 Å². The van der Waals surface area contributed by atoms with Gasteiger partial charge < -0.3 is 10.1 Å². The Morgan fingerprint density at radius 2 is 1.61 bits per heavy atom. The lowest BCUT2D eigenvalue weighted by atomic mass is 10.1. The van der Waals surface area contributed by atoms with Gasteiger partial charge in [-0.2, -0.15) is 0 Å². The molecule has 0 spiro atoms. The molecule has 0 radical (unpaired) electrons. The molecule has 5 nitrogen and oxygen atoms in total. The number of imide groups is 1. The number of halogens is 1. The smallest absolute Gasteiger partial charge is 0.329 e. The van der Waals surface area contributed by atoms with Crippen LogP contribution in [0.4, 0.5) is 4.79 Å². The molecule has 1 heterocycles. The van der Waals surface area contributed by atoms with Crippen LogP contribution in [0, 0.1) is 6.92 Å². The Labute approximate surface area is 189 Å². The van der Waals surface area contributed by atoms with Crippen molar-refractivity contribution in [3.8, 4) is 5.75 Å². The standard InChI is InChI=1S/C25H21BrN2O3/c1-17-6-8-19(9-7-17)16-31-23-5-3-2-4-20(23)14-22-24(29)28(25(30)27-22)15-18-10-12-21(26)13-11-18/h2-14H,15-16H2,1H3,(H,27,30)/b22-14+. The number of hydrogen-bond acceptors (Lipinski definition) is 3. The monoisotopic (exact) mass is 476 g/mol. The zero-order valence-electron chi connectivity index (χ0n) is 17.0. The highest BCUT2D eigenvalue weighted by Gasteiger charge is 2.33. The van der Waals surface area contributed by atoms with Gasteiger partial charge in [0.1, 0.15) is 18.1 Å². The van der Waals surface area contributed by atoms with Crippen LogP contribution in [0.1, 0.15) is 22.3 Å². The van der Waals surface area contributed by atoms with Crippen LogP contribution in [-0.2, 0) is 17.9 Å². The molecule has 31 heavy (non-hydrogen) atoms. The molecule has 6 heteroatoms. The average Bonchev–Trinajstić information content (AvgIpc) is 3.03. The summed E-state index contributed by atoms with van der Waals surface area (Å²) in [6, 6.07) is 22.7. The average molecular weight is 477 g/mol. The maximum atomic E-state index is 12.8. The molecule has 0 aliphatic carbocycles. The fourth-order valence-electron chi connectivity index (χ4n) is 3.22. The van der Waals surface area contributed by atoms with E-state index in [9.17, 15) is 9.59 Å². The van der Waals surface area contributed by atoms with Crippen molar-refractivity contribution in [3.63, 3.8) is 0 Å². The molecule has 3 aromatic carbocycles. The number of hydrogen-bond donors (Lipinski definition) is 1. The van der Waals surface area contributed by atoms with Crippen molar-refractivity contribution >= 4 is 33.9 Å². The Balaban J connectivity index is 1.50. The molecular weight excluding hydrogens is 456 g/mol. The Morgan fingerprint density at radius 1 is 0.935 bits per heavy atom. The molecule has 1 saturated heterocycles. The first-order valence-electron chi connectivity index (χ1n) is 9.86. The molecule has 1 aliphatic heterocycles. The number of nitrogens with one attached hydrogen (secondary N) is 1. The van der Waals surface area contributed by atoms with E-state index in [1.54, 1.807) is 6.08 Å². The van der Waals surface area contributed by atoms with Gasteiger partial charge in [0.2, 0.25) is 0 Å². The van der Waals surface area contributed by atoms with Crippen molar-refractivity contribution in [2.75, 3.05) is 0 Å².